The van der Waals surface area contributed by atoms with Gasteiger partial charge in [0.05, 0.1) is 0 Å². The Bertz CT molecular complexity index is 408. The zero-order valence-corrected chi connectivity index (χ0v) is 13.5. The summed E-state index contributed by atoms with van der Waals surface area (Å²) in [6.45, 7) is 9.15. The van der Waals surface area contributed by atoms with E-state index in [1.54, 1.807) is 0 Å². The molecule has 1 aliphatic heterocycles. The van der Waals surface area contributed by atoms with Crippen molar-refractivity contribution in [2.24, 2.45) is 5.92 Å². The minimum absolute atomic E-state index is 0.370. The highest BCUT2D eigenvalue weighted by Gasteiger charge is 2.22. The Morgan fingerprint density at radius 2 is 2.15 bits per heavy atom. The summed E-state index contributed by atoms with van der Waals surface area (Å²) in [6, 6.07) is 8.59. The predicted octanol–water partition coefficient (Wildman–Crippen LogP) is 4.11. The molecule has 112 valence electrons. The first-order valence-corrected chi connectivity index (χ1v) is 8.32. The Hall–Kier alpha value is -0.570. The summed E-state index contributed by atoms with van der Waals surface area (Å²) in [5.74, 6) is 0.910. The Morgan fingerprint density at radius 3 is 2.80 bits per heavy atom. The lowest BCUT2D eigenvalue weighted by molar-refractivity contribution is 0.299. The molecule has 2 unspecified atom stereocenters. The number of nitrogens with one attached hydrogen (secondary N) is 1. The van der Waals surface area contributed by atoms with Crippen LogP contribution in [-0.2, 0) is 0 Å². The van der Waals surface area contributed by atoms with E-state index in [2.05, 4.69) is 36.2 Å². The maximum Gasteiger partial charge on any atom is 0.0453 e. The van der Waals surface area contributed by atoms with Crippen molar-refractivity contribution < 1.29 is 0 Å². The lowest BCUT2D eigenvalue weighted by Gasteiger charge is -2.23. The highest BCUT2D eigenvalue weighted by Crippen LogP contribution is 2.26. The van der Waals surface area contributed by atoms with Gasteiger partial charge in [0, 0.05) is 17.6 Å². The summed E-state index contributed by atoms with van der Waals surface area (Å²) in [7, 11) is 0. The molecule has 2 nitrogen and oxygen atoms in total. The monoisotopic (exact) mass is 294 g/mol. The first-order chi connectivity index (χ1) is 9.74. The third-order valence-electron chi connectivity index (χ3n) is 4.41. The van der Waals surface area contributed by atoms with E-state index in [0.717, 1.165) is 23.9 Å². The number of nitrogens with zero attached hydrogens (tertiary/aromatic N) is 1. The summed E-state index contributed by atoms with van der Waals surface area (Å²) in [5, 5.41) is 4.46. The zero-order valence-electron chi connectivity index (χ0n) is 12.7. The van der Waals surface area contributed by atoms with E-state index in [-0.39, 0.29) is 0 Å². The lowest BCUT2D eigenvalue weighted by Crippen LogP contribution is -2.28. The van der Waals surface area contributed by atoms with Gasteiger partial charge in [-0.25, -0.2) is 0 Å². The van der Waals surface area contributed by atoms with Crippen LogP contribution < -0.4 is 5.32 Å². The number of benzene rings is 1. The van der Waals surface area contributed by atoms with Crippen molar-refractivity contribution in [2.45, 2.75) is 39.2 Å². The molecule has 0 aromatic heterocycles. The SMILES string of the molecule is CCNC(CCN1CCC(CC)C1)c1ccccc1Cl. The first-order valence-electron chi connectivity index (χ1n) is 7.94. The highest BCUT2D eigenvalue weighted by atomic mass is 35.5. The van der Waals surface area contributed by atoms with Crippen LogP contribution in [0, 0.1) is 5.92 Å². The van der Waals surface area contributed by atoms with Crippen LogP contribution in [0.1, 0.15) is 44.7 Å². The van der Waals surface area contributed by atoms with Crippen molar-refractivity contribution in [2.75, 3.05) is 26.2 Å². The number of likely N-dealkylation sites (tertiary alicyclic amines) is 1. The molecule has 1 aliphatic rings. The van der Waals surface area contributed by atoms with Crippen LogP contribution in [0.2, 0.25) is 5.02 Å². The van der Waals surface area contributed by atoms with Gasteiger partial charge in [-0.05, 0) is 50.0 Å². The number of halogens is 1. The second kappa shape index (κ2) is 8.02. The molecule has 1 aromatic carbocycles. The number of hydrogen-bond acceptors (Lipinski definition) is 2. The van der Waals surface area contributed by atoms with E-state index in [0.29, 0.717) is 6.04 Å². The van der Waals surface area contributed by atoms with E-state index < -0.39 is 0 Å². The Kier molecular flexibility index (Phi) is 6.34. The molecule has 2 rings (SSSR count). The maximum absolute atomic E-state index is 6.34. The van der Waals surface area contributed by atoms with Gasteiger partial charge in [-0.1, -0.05) is 50.1 Å². The molecule has 0 aliphatic carbocycles. The fourth-order valence-electron chi connectivity index (χ4n) is 3.13. The second-order valence-electron chi connectivity index (χ2n) is 5.78. The molecule has 0 amide bonds. The van der Waals surface area contributed by atoms with Gasteiger partial charge in [0.25, 0.3) is 0 Å². The standard InChI is InChI=1S/C17H27ClN2/c1-3-14-9-11-20(13-14)12-10-17(19-4-2)15-7-5-6-8-16(15)18/h5-8,14,17,19H,3-4,9-13H2,1-2H3. The number of rotatable bonds is 7. The summed E-state index contributed by atoms with van der Waals surface area (Å²) >= 11 is 6.34. The molecule has 3 heteroatoms. The summed E-state index contributed by atoms with van der Waals surface area (Å²) in [6.07, 6.45) is 3.82. The van der Waals surface area contributed by atoms with Crippen LogP contribution in [-0.4, -0.2) is 31.1 Å². The van der Waals surface area contributed by atoms with Crippen molar-refractivity contribution in [1.82, 2.24) is 10.2 Å². The van der Waals surface area contributed by atoms with Crippen molar-refractivity contribution in [3.05, 3.63) is 34.9 Å². The molecular formula is C17H27ClN2. The molecule has 0 radical (unpaired) electrons. The summed E-state index contributed by atoms with van der Waals surface area (Å²) < 4.78 is 0. The van der Waals surface area contributed by atoms with Crippen LogP contribution in [0.4, 0.5) is 0 Å². The van der Waals surface area contributed by atoms with Crippen molar-refractivity contribution in [3.63, 3.8) is 0 Å². The largest absolute Gasteiger partial charge is 0.310 e. The third kappa shape index (κ3) is 4.21. The first kappa shape index (κ1) is 15.8. The topological polar surface area (TPSA) is 15.3 Å². The van der Waals surface area contributed by atoms with E-state index in [1.807, 2.05) is 12.1 Å². The van der Waals surface area contributed by atoms with E-state index in [9.17, 15) is 0 Å². The molecular weight excluding hydrogens is 268 g/mol. The molecule has 1 fully saturated rings. The normalized spacial score (nSPS) is 21.2. The van der Waals surface area contributed by atoms with Crippen LogP contribution >= 0.6 is 11.6 Å². The van der Waals surface area contributed by atoms with Gasteiger partial charge in [-0.15, -0.1) is 0 Å². The minimum atomic E-state index is 0.370. The maximum atomic E-state index is 6.34. The average molecular weight is 295 g/mol. The second-order valence-corrected chi connectivity index (χ2v) is 6.19. The fourth-order valence-corrected chi connectivity index (χ4v) is 3.40. The highest BCUT2D eigenvalue weighted by molar-refractivity contribution is 6.31. The number of hydrogen-bond donors (Lipinski definition) is 1. The van der Waals surface area contributed by atoms with Gasteiger partial charge in [0.15, 0.2) is 0 Å². The quantitative estimate of drug-likeness (QED) is 0.814. The van der Waals surface area contributed by atoms with Crippen LogP contribution in [0.25, 0.3) is 0 Å². The fraction of sp³-hybridized carbons (Fsp3) is 0.647. The Morgan fingerprint density at radius 1 is 1.35 bits per heavy atom. The molecule has 0 spiro atoms. The lowest BCUT2D eigenvalue weighted by atomic mass is 10.0. The van der Waals surface area contributed by atoms with Gasteiger partial charge in [0.1, 0.15) is 0 Å². The molecule has 0 saturated carbocycles. The van der Waals surface area contributed by atoms with Crippen LogP contribution in [0.15, 0.2) is 24.3 Å². The molecule has 1 N–H and O–H groups in total. The molecule has 1 saturated heterocycles. The van der Waals surface area contributed by atoms with Crippen LogP contribution in [0.5, 0.6) is 0 Å². The van der Waals surface area contributed by atoms with E-state index in [1.165, 1.54) is 38.0 Å². The van der Waals surface area contributed by atoms with Crippen molar-refractivity contribution in [1.29, 1.82) is 0 Å². The van der Waals surface area contributed by atoms with Crippen molar-refractivity contribution in [3.8, 4) is 0 Å². The molecule has 1 heterocycles. The Labute approximate surface area is 128 Å². The molecule has 0 bridgehead atoms. The van der Waals surface area contributed by atoms with Gasteiger partial charge in [-0.2, -0.15) is 0 Å². The summed E-state index contributed by atoms with van der Waals surface area (Å²) in [4.78, 5) is 2.61. The van der Waals surface area contributed by atoms with Gasteiger partial charge < -0.3 is 10.2 Å². The molecule has 20 heavy (non-hydrogen) atoms. The van der Waals surface area contributed by atoms with Crippen molar-refractivity contribution >= 4 is 11.6 Å². The molecule has 1 aromatic rings. The Balaban J connectivity index is 1.92. The van der Waals surface area contributed by atoms with Gasteiger partial charge >= 0.3 is 0 Å². The van der Waals surface area contributed by atoms with Gasteiger partial charge in [0.2, 0.25) is 0 Å². The van der Waals surface area contributed by atoms with Gasteiger partial charge in [-0.3, -0.25) is 0 Å². The zero-order chi connectivity index (χ0) is 14.4. The summed E-state index contributed by atoms with van der Waals surface area (Å²) in [5.41, 5.74) is 1.24. The van der Waals surface area contributed by atoms with E-state index in [4.69, 9.17) is 11.6 Å². The smallest absolute Gasteiger partial charge is 0.0453 e. The van der Waals surface area contributed by atoms with E-state index >= 15 is 0 Å². The predicted molar refractivity (Wildman–Crippen MR) is 87.3 cm³/mol. The third-order valence-corrected chi connectivity index (χ3v) is 4.76. The molecule has 2 atom stereocenters. The minimum Gasteiger partial charge on any atom is -0.310 e. The van der Waals surface area contributed by atoms with Crippen LogP contribution in [0.3, 0.4) is 0 Å². The average Bonchev–Trinajstić information content (AvgIpc) is 2.92.